The molecule has 0 bridgehead atoms. The number of hydrogen-bond donors (Lipinski definition) is 3. The van der Waals surface area contributed by atoms with E-state index >= 15 is 0 Å². The molecule has 0 aliphatic carbocycles. The van der Waals surface area contributed by atoms with E-state index in [2.05, 4.69) is 11.1 Å². The van der Waals surface area contributed by atoms with Gasteiger partial charge >= 0.3 is 6.09 Å². The molecule has 0 aliphatic rings. The van der Waals surface area contributed by atoms with Crippen molar-refractivity contribution in [3.63, 3.8) is 0 Å². The molecule has 104 valence electrons. The SMILES string of the molecule is CC(C)C(=O)Nc1ccc([N+](=O)[O-])cc1.NC(=O)O. The van der Waals surface area contributed by atoms with Crippen LogP contribution in [0.4, 0.5) is 16.2 Å². The fourth-order valence-corrected chi connectivity index (χ4v) is 0.953. The summed E-state index contributed by atoms with van der Waals surface area (Å²) in [5.74, 6) is -0.218. The molecule has 0 spiro atoms. The number of amides is 2. The van der Waals surface area contributed by atoms with Crippen molar-refractivity contribution in [1.82, 2.24) is 0 Å². The second kappa shape index (κ2) is 7.64. The first kappa shape index (κ1) is 16.4. The van der Waals surface area contributed by atoms with E-state index < -0.39 is 11.0 Å². The number of carboxylic acid groups (broad SMARTS) is 1. The summed E-state index contributed by atoms with van der Waals surface area (Å²) in [5, 5.41) is 20.2. The summed E-state index contributed by atoms with van der Waals surface area (Å²) in [6.07, 6.45) is -1.33. The first-order valence-corrected chi connectivity index (χ1v) is 5.27. The Labute approximate surface area is 109 Å². The summed E-state index contributed by atoms with van der Waals surface area (Å²) < 4.78 is 0. The quantitative estimate of drug-likeness (QED) is 0.567. The Balaban J connectivity index is 0.000000711. The third-order valence-corrected chi connectivity index (χ3v) is 1.87. The number of carbonyl (C=O) groups excluding carboxylic acids is 1. The van der Waals surface area contributed by atoms with E-state index in [1.54, 1.807) is 13.8 Å². The topological polar surface area (TPSA) is 136 Å². The summed E-state index contributed by atoms with van der Waals surface area (Å²) in [5.41, 5.74) is 4.61. The van der Waals surface area contributed by atoms with Gasteiger partial charge in [-0.2, -0.15) is 0 Å². The molecule has 1 rings (SSSR count). The van der Waals surface area contributed by atoms with E-state index in [1.165, 1.54) is 24.3 Å². The second-order valence-electron chi connectivity index (χ2n) is 3.79. The molecule has 0 saturated carbocycles. The summed E-state index contributed by atoms with van der Waals surface area (Å²) in [6.45, 7) is 3.56. The van der Waals surface area contributed by atoms with E-state index in [0.717, 1.165) is 0 Å². The maximum absolute atomic E-state index is 11.3. The summed E-state index contributed by atoms with van der Waals surface area (Å²) in [7, 11) is 0. The minimum atomic E-state index is -1.33. The zero-order chi connectivity index (χ0) is 15.0. The maximum atomic E-state index is 11.3. The fourth-order valence-electron chi connectivity index (χ4n) is 0.953. The van der Waals surface area contributed by atoms with Gasteiger partial charge in [-0.05, 0) is 12.1 Å². The van der Waals surface area contributed by atoms with Gasteiger partial charge in [-0.1, -0.05) is 13.8 Å². The zero-order valence-electron chi connectivity index (χ0n) is 10.5. The summed E-state index contributed by atoms with van der Waals surface area (Å²) in [6, 6.07) is 5.74. The van der Waals surface area contributed by atoms with Gasteiger partial charge in [-0.15, -0.1) is 0 Å². The highest BCUT2D eigenvalue weighted by atomic mass is 16.6. The molecule has 0 radical (unpaired) electrons. The molecule has 8 heteroatoms. The van der Waals surface area contributed by atoms with Crippen LogP contribution < -0.4 is 11.1 Å². The van der Waals surface area contributed by atoms with Crippen molar-refractivity contribution >= 4 is 23.4 Å². The molecule has 0 fully saturated rings. The molecule has 0 aromatic heterocycles. The number of carbonyl (C=O) groups is 2. The van der Waals surface area contributed by atoms with E-state index in [1.807, 2.05) is 0 Å². The first-order chi connectivity index (χ1) is 8.73. The van der Waals surface area contributed by atoms with E-state index in [4.69, 9.17) is 9.90 Å². The maximum Gasteiger partial charge on any atom is 0.402 e. The van der Waals surface area contributed by atoms with Gasteiger partial charge in [0.25, 0.3) is 5.69 Å². The third kappa shape index (κ3) is 7.31. The monoisotopic (exact) mass is 269 g/mol. The average molecular weight is 269 g/mol. The van der Waals surface area contributed by atoms with Crippen LogP contribution in [0.1, 0.15) is 13.8 Å². The number of nitrogens with zero attached hydrogens (tertiary/aromatic N) is 1. The van der Waals surface area contributed by atoms with Gasteiger partial charge in [0.1, 0.15) is 0 Å². The highest BCUT2D eigenvalue weighted by molar-refractivity contribution is 5.92. The Morgan fingerprint density at radius 1 is 1.32 bits per heavy atom. The van der Waals surface area contributed by atoms with Crippen LogP contribution in [0.15, 0.2) is 24.3 Å². The van der Waals surface area contributed by atoms with Crippen LogP contribution in [0.2, 0.25) is 0 Å². The number of nitrogens with one attached hydrogen (secondary N) is 1. The Morgan fingerprint density at radius 3 is 2.05 bits per heavy atom. The lowest BCUT2D eigenvalue weighted by molar-refractivity contribution is -0.384. The number of nitro groups is 1. The highest BCUT2D eigenvalue weighted by Crippen LogP contribution is 2.15. The second-order valence-corrected chi connectivity index (χ2v) is 3.79. The van der Waals surface area contributed by atoms with Crippen molar-refractivity contribution in [1.29, 1.82) is 0 Å². The van der Waals surface area contributed by atoms with Crippen molar-refractivity contribution in [2.75, 3.05) is 5.32 Å². The Kier molecular flexibility index (Phi) is 6.58. The molecule has 0 aliphatic heterocycles. The number of hydrogen-bond acceptors (Lipinski definition) is 4. The fraction of sp³-hybridized carbons (Fsp3) is 0.273. The van der Waals surface area contributed by atoms with Gasteiger partial charge in [0.2, 0.25) is 5.91 Å². The van der Waals surface area contributed by atoms with Crippen molar-refractivity contribution < 1.29 is 19.6 Å². The number of anilines is 1. The molecule has 4 N–H and O–H groups in total. The molecular weight excluding hydrogens is 254 g/mol. The Hall–Kier alpha value is -2.64. The molecule has 0 atom stereocenters. The third-order valence-electron chi connectivity index (χ3n) is 1.87. The molecule has 0 saturated heterocycles. The number of nitro benzene ring substituents is 1. The van der Waals surface area contributed by atoms with Crippen LogP contribution in [0, 0.1) is 16.0 Å². The number of benzene rings is 1. The van der Waals surface area contributed by atoms with Crippen molar-refractivity contribution in [2.45, 2.75) is 13.8 Å². The lowest BCUT2D eigenvalue weighted by Crippen LogP contribution is -2.17. The summed E-state index contributed by atoms with van der Waals surface area (Å²) >= 11 is 0. The number of rotatable bonds is 3. The van der Waals surface area contributed by atoms with E-state index in [0.29, 0.717) is 5.69 Å². The van der Waals surface area contributed by atoms with Crippen LogP contribution in [-0.4, -0.2) is 22.0 Å². The number of non-ortho nitro benzene ring substituents is 1. The van der Waals surface area contributed by atoms with Gasteiger partial charge < -0.3 is 16.2 Å². The van der Waals surface area contributed by atoms with E-state index in [9.17, 15) is 14.9 Å². The molecule has 2 amide bonds. The predicted molar refractivity (Wildman–Crippen MR) is 68.8 cm³/mol. The van der Waals surface area contributed by atoms with Crippen LogP contribution in [0.5, 0.6) is 0 Å². The van der Waals surface area contributed by atoms with Gasteiger partial charge in [0.15, 0.2) is 0 Å². The van der Waals surface area contributed by atoms with Gasteiger partial charge in [0, 0.05) is 23.7 Å². The molecule has 0 unspecified atom stereocenters. The molecule has 19 heavy (non-hydrogen) atoms. The van der Waals surface area contributed by atoms with Crippen molar-refractivity contribution in [3.05, 3.63) is 34.4 Å². The van der Waals surface area contributed by atoms with Gasteiger partial charge in [-0.3, -0.25) is 14.9 Å². The first-order valence-electron chi connectivity index (χ1n) is 5.27. The van der Waals surface area contributed by atoms with E-state index in [-0.39, 0.29) is 17.5 Å². The normalized spacial score (nSPS) is 9.21. The molecule has 8 nitrogen and oxygen atoms in total. The zero-order valence-corrected chi connectivity index (χ0v) is 10.5. The minimum absolute atomic E-state index is 0.0116. The Morgan fingerprint density at radius 2 is 1.74 bits per heavy atom. The van der Waals surface area contributed by atoms with Crippen LogP contribution in [0.3, 0.4) is 0 Å². The average Bonchev–Trinajstić information content (AvgIpc) is 2.28. The standard InChI is InChI=1S/C10H12N2O3.CH3NO2/c1-7(2)10(13)11-8-3-5-9(6-4-8)12(14)15;2-1(3)4/h3-7H,1-2H3,(H,11,13);2H2,(H,3,4). The smallest absolute Gasteiger partial charge is 0.402 e. The molecule has 0 heterocycles. The van der Waals surface area contributed by atoms with Crippen molar-refractivity contribution in [3.8, 4) is 0 Å². The van der Waals surface area contributed by atoms with Crippen LogP contribution in [-0.2, 0) is 4.79 Å². The van der Waals surface area contributed by atoms with Crippen LogP contribution in [0.25, 0.3) is 0 Å². The van der Waals surface area contributed by atoms with Crippen LogP contribution >= 0.6 is 0 Å². The van der Waals surface area contributed by atoms with Gasteiger partial charge in [-0.25, -0.2) is 4.79 Å². The number of nitrogens with two attached hydrogens (primary N) is 1. The minimum Gasteiger partial charge on any atom is -0.465 e. The highest BCUT2D eigenvalue weighted by Gasteiger charge is 2.08. The predicted octanol–water partition coefficient (Wildman–Crippen LogP) is 1.81. The molecule has 1 aromatic rings. The molecule has 1 aromatic carbocycles. The van der Waals surface area contributed by atoms with Gasteiger partial charge in [0.05, 0.1) is 4.92 Å². The van der Waals surface area contributed by atoms with Crippen molar-refractivity contribution in [2.24, 2.45) is 11.7 Å². The lowest BCUT2D eigenvalue weighted by atomic mass is 10.2. The summed E-state index contributed by atoms with van der Waals surface area (Å²) in [4.78, 5) is 29.9. The Bertz CT molecular complexity index is 452. The number of primary amides is 1. The molecular formula is C11H15N3O5. The largest absolute Gasteiger partial charge is 0.465 e. The lowest BCUT2D eigenvalue weighted by Gasteiger charge is -2.06.